The Morgan fingerprint density at radius 1 is 0.721 bits per heavy atom. The van der Waals surface area contributed by atoms with Gasteiger partial charge in [-0.05, 0) is 40.5 Å². The molecule has 0 fully saturated rings. The summed E-state index contributed by atoms with van der Waals surface area (Å²) < 4.78 is 53.1. The van der Waals surface area contributed by atoms with Gasteiger partial charge in [-0.25, -0.2) is 15.0 Å². The third-order valence-electron chi connectivity index (χ3n) is 6.98. The lowest BCUT2D eigenvalue weighted by Crippen LogP contribution is -2.22. The van der Waals surface area contributed by atoms with Gasteiger partial charge in [-0.2, -0.15) is 18.3 Å². The van der Waals surface area contributed by atoms with Gasteiger partial charge in [0.2, 0.25) is 5.95 Å². The van der Waals surface area contributed by atoms with Crippen molar-refractivity contribution in [3.05, 3.63) is 149 Å². The van der Waals surface area contributed by atoms with Crippen LogP contribution in [0, 0.1) is 0 Å². The van der Waals surface area contributed by atoms with Crippen molar-refractivity contribution in [1.82, 2.24) is 9.97 Å². The predicted octanol–water partition coefficient (Wildman–Crippen LogP) is 8.01. The monoisotopic (exact) mass is 580 g/mol. The summed E-state index contributed by atoms with van der Waals surface area (Å²) in [4.78, 5) is 8.01. The fourth-order valence-electron chi connectivity index (χ4n) is 4.81. The predicted molar refractivity (Wildman–Crippen MR) is 158 cm³/mol. The molecule has 1 aliphatic heterocycles. The Hall–Kier alpha value is -5.18. The Morgan fingerprint density at radius 2 is 1.33 bits per heavy atom. The molecule has 0 aliphatic carbocycles. The number of rotatable bonds is 9. The number of aromatic nitrogens is 2. The van der Waals surface area contributed by atoms with Gasteiger partial charge in [0.05, 0.1) is 11.8 Å². The van der Waals surface area contributed by atoms with Gasteiger partial charge < -0.3 is 9.47 Å². The highest BCUT2D eigenvalue weighted by atomic mass is 19.4. The normalized spacial score (nSPS) is 14.8. The molecule has 1 aromatic heterocycles. The average Bonchev–Trinajstić information content (AvgIpc) is 3.50. The molecule has 2 heterocycles. The fraction of sp³-hybridized carbons (Fsp3) is 0.147. The largest absolute Gasteiger partial charge is 0.485 e. The molecule has 5 aromatic rings. The maximum atomic E-state index is 13.6. The van der Waals surface area contributed by atoms with Gasteiger partial charge in [-0.3, -0.25) is 0 Å². The number of halogens is 3. The lowest BCUT2D eigenvalue weighted by molar-refractivity contribution is -0.141. The number of hydrazone groups is 1. The summed E-state index contributed by atoms with van der Waals surface area (Å²) in [5.74, 6) is 0.921. The summed E-state index contributed by atoms with van der Waals surface area (Å²) in [6, 6.07) is 35.0. The van der Waals surface area contributed by atoms with E-state index in [4.69, 9.17) is 14.6 Å². The molecule has 0 spiro atoms. The topological polar surface area (TPSA) is 59.8 Å². The minimum absolute atomic E-state index is 0.137. The zero-order chi connectivity index (χ0) is 29.6. The first kappa shape index (κ1) is 28.0. The molecular weight excluding hydrogens is 553 g/mol. The highest BCUT2D eigenvalue weighted by molar-refractivity contribution is 6.03. The first-order valence-corrected chi connectivity index (χ1v) is 13.7. The molecule has 0 N–H and O–H groups in total. The quantitative estimate of drug-likeness (QED) is 0.177. The maximum Gasteiger partial charge on any atom is 0.433 e. The van der Waals surface area contributed by atoms with E-state index in [1.54, 1.807) is 0 Å². The van der Waals surface area contributed by atoms with E-state index in [0.29, 0.717) is 36.8 Å². The van der Waals surface area contributed by atoms with Gasteiger partial charge in [0.1, 0.15) is 18.9 Å². The van der Waals surface area contributed by atoms with Gasteiger partial charge in [0.25, 0.3) is 0 Å². The molecule has 43 heavy (non-hydrogen) atoms. The van der Waals surface area contributed by atoms with Crippen LogP contribution in [-0.4, -0.2) is 15.7 Å². The van der Waals surface area contributed by atoms with Crippen molar-refractivity contribution in [2.24, 2.45) is 5.10 Å². The van der Waals surface area contributed by atoms with Crippen LogP contribution in [0.4, 0.5) is 19.1 Å². The van der Waals surface area contributed by atoms with Gasteiger partial charge in [0.15, 0.2) is 11.5 Å². The van der Waals surface area contributed by atoms with Crippen LogP contribution in [0.25, 0.3) is 0 Å². The lowest BCUT2D eigenvalue weighted by Gasteiger charge is -2.23. The van der Waals surface area contributed by atoms with E-state index in [1.165, 1.54) is 5.01 Å². The molecule has 0 saturated carbocycles. The second kappa shape index (κ2) is 12.4. The highest BCUT2D eigenvalue weighted by Gasteiger charge is 2.36. The van der Waals surface area contributed by atoms with Crippen LogP contribution in [0.3, 0.4) is 0 Å². The highest BCUT2D eigenvalue weighted by Crippen LogP contribution is 2.40. The number of alkyl halides is 3. The Kier molecular flexibility index (Phi) is 8.04. The van der Waals surface area contributed by atoms with Crippen LogP contribution in [0.2, 0.25) is 0 Å². The Labute approximate surface area is 247 Å². The minimum atomic E-state index is -4.62. The van der Waals surface area contributed by atoms with Crippen molar-refractivity contribution in [2.75, 3.05) is 5.01 Å². The molecular formula is C34H27F3N4O2. The molecule has 0 saturated heterocycles. The molecule has 6 rings (SSSR count). The van der Waals surface area contributed by atoms with E-state index in [-0.39, 0.29) is 5.95 Å². The molecule has 0 amide bonds. The summed E-state index contributed by atoms with van der Waals surface area (Å²) in [7, 11) is 0. The van der Waals surface area contributed by atoms with Crippen LogP contribution in [0.5, 0.6) is 11.5 Å². The second-order valence-electron chi connectivity index (χ2n) is 9.97. The Morgan fingerprint density at radius 3 is 1.95 bits per heavy atom. The van der Waals surface area contributed by atoms with E-state index >= 15 is 0 Å². The van der Waals surface area contributed by atoms with E-state index < -0.39 is 17.9 Å². The first-order valence-electron chi connectivity index (χ1n) is 13.7. The third-order valence-corrected chi connectivity index (χ3v) is 6.98. The standard InChI is InChI=1S/C34H27F3N4O2/c35-34(36,37)32-18-19-38-33(39-32)41-29(21-28(40-41)26-14-8-3-9-15-26)27-16-17-30(42-22-24-10-4-1-5-11-24)31(20-27)43-23-25-12-6-2-7-13-25/h1-20,29H,21-23H2. The molecule has 216 valence electrons. The molecule has 0 radical (unpaired) electrons. The number of benzene rings is 4. The smallest absolute Gasteiger partial charge is 0.433 e. The summed E-state index contributed by atoms with van der Waals surface area (Å²) in [5, 5.41) is 6.17. The SMILES string of the molecule is FC(F)(F)c1ccnc(N2N=C(c3ccccc3)CC2c2ccc(OCc3ccccc3)c(OCc3ccccc3)c2)n1. The lowest BCUT2D eigenvalue weighted by atomic mass is 9.98. The summed E-state index contributed by atoms with van der Waals surface area (Å²) >= 11 is 0. The van der Waals surface area contributed by atoms with Crippen molar-refractivity contribution < 1.29 is 22.6 Å². The molecule has 1 aliphatic rings. The molecule has 4 aromatic carbocycles. The van der Waals surface area contributed by atoms with Crippen molar-refractivity contribution >= 4 is 11.7 Å². The van der Waals surface area contributed by atoms with Crippen molar-refractivity contribution in [2.45, 2.75) is 31.9 Å². The summed E-state index contributed by atoms with van der Waals surface area (Å²) in [6.07, 6.45) is -3.09. The van der Waals surface area contributed by atoms with E-state index in [9.17, 15) is 13.2 Å². The third kappa shape index (κ3) is 6.67. The first-order chi connectivity index (χ1) is 20.9. The summed E-state index contributed by atoms with van der Waals surface area (Å²) in [5.41, 5.74) is 3.30. The Balaban J connectivity index is 1.36. The number of nitrogens with zero attached hydrogens (tertiary/aromatic N) is 4. The average molecular weight is 581 g/mol. The summed E-state index contributed by atoms with van der Waals surface area (Å²) in [6.45, 7) is 0.652. The van der Waals surface area contributed by atoms with Crippen molar-refractivity contribution in [3.63, 3.8) is 0 Å². The minimum Gasteiger partial charge on any atom is -0.485 e. The fourth-order valence-corrected chi connectivity index (χ4v) is 4.81. The number of hydrogen-bond donors (Lipinski definition) is 0. The zero-order valence-corrected chi connectivity index (χ0v) is 23.0. The number of anilines is 1. The van der Waals surface area contributed by atoms with Crippen LogP contribution in [-0.2, 0) is 19.4 Å². The molecule has 1 atom stereocenters. The van der Waals surface area contributed by atoms with Gasteiger partial charge in [-0.1, -0.05) is 97.1 Å². The van der Waals surface area contributed by atoms with Gasteiger partial charge >= 0.3 is 6.18 Å². The van der Waals surface area contributed by atoms with E-state index in [2.05, 4.69) is 9.97 Å². The van der Waals surface area contributed by atoms with Crippen LogP contribution >= 0.6 is 0 Å². The Bertz CT molecular complexity index is 1700. The van der Waals surface area contributed by atoms with Gasteiger partial charge in [0, 0.05) is 12.6 Å². The van der Waals surface area contributed by atoms with Crippen molar-refractivity contribution in [3.8, 4) is 11.5 Å². The van der Waals surface area contributed by atoms with Crippen LogP contribution in [0.15, 0.2) is 127 Å². The molecule has 1 unspecified atom stereocenters. The molecule has 9 heteroatoms. The number of ether oxygens (including phenoxy) is 2. The van der Waals surface area contributed by atoms with Gasteiger partial charge in [-0.15, -0.1) is 0 Å². The zero-order valence-electron chi connectivity index (χ0n) is 23.0. The maximum absolute atomic E-state index is 13.6. The van der Waals surface area contributed by atoms with E-state index in [1.807, 2.05) is 109 Å². The second-order valence-corrected chi connectivity index (χ2v) is 9.97. The molecule has 6 nitrogen and oxygen atoms in total. The number of hydrogen-bond acceptors (Lipinski definition) is 6. The van der Waals surface area contributed by atoms with Crippen molar-refractivity contribution in [1.29, 1.82) is 0 Å². The van der Waals surface area contributed by atoms with E-state index in [0.717, 1.165) is 34.5 Å². The van der Waals surface area contributed by atoms with Crippen LogP contribution in [0.1, 0.15) is 40.4 Å². The van der Waals surface area contributed by atoms with Crippen LogP contribution < -0.4 is 14.5 Å². The molecule has 0 bridgehead atoms.